The number of carbonyl (C=O) groups excluding carboxylic acids is 2. The number of nitrogens with one attached hydrogen (secondary N) is 1. The van der Waals surface area contributed by atoms with Crippen molar-refractivity contribution in [3.63, 3.8) is 0 Å². The number of ether oxygens (including phenoxy) is 1. The lowest BCUT2D eigenvalue weighted by molar-refractivity contribution is -0.134. The van der Waals surface area contributed by atoms with E-state index >= 15 is 0 Å². The molecule has 6 nitrogen and oxygen atoms in total. The third-order valence-corrected chi connectivity index (χ3v) is 5.14. The van der Waals surface area contributed by atoms with Crippen molar-refractivity contribution >= 4 is 23.8 Å². The van der Waals surface area contributed by atoms with Crippen molar-refractivity contribution in [3.05, 3.63) is 29.8 Å². The first-order valence-electron chi connectivity index (χ1n) is 8.77. The van der Waals surface area contributed by atoms with Gasteiger partial charge in [-0.25, -0.2) is 0 Å². The molecule has 0 aromatic heterocycles. The minimum atomic E-state index is -0.658. The number of aliphatic imine (C=N–C) groups is 1. The summed E-state index contributed by atoms with van der Waals surface area (Å²) in [6.45, 7) is 3.04. The molecule has 0 radical (unpaired) electrons. The molecule has 0 saturated heterocycles. The molecule has 1 aliphatic heterocycles. The number of benzene rings is 1. The van der Waals surface area contributed by atoms with Crippen molar-refractivity contribution < 1.29 is 14.3 Å². The van der Waals surface area contributed by atoms with Crippen LogP contribution in [0.5, 0.6) is 0 Å². The van der Waals surface area contributed by atoms with Gasteiger partial charge in [0.1, 0.15) is 5.54 Å². The van der Waals surface area contributed by atoms with Crippen LogP contribution in [0.15, 0.2) is 29.3 Å². The van der Waals surface area contributed by atoms with Crippen LogP contribution in [0.1, 0.15) is 31.2 Å². The summed E-state index contributed by atoms with van der Waals surface area (Å²) in [5.74, 6) is 0.00858. The Bertz CT molecular complexity index is 661. The van der Waals surface area contributed by atoms with Gasteiger partial charge in [0.2, 0.25) is 5.91 Å². The van der Waals surface area contributed by atoms with Crippen LogP contribution in [-0.4, -0.2) is 48.9 Å². The summed E-state index contributed by atoms with van der Waals surface area (Å²) in [4.78, 5) is 31.2. The van der Waals surface area contributed by atoms with Crippen LogP contribution in [0, 0.1) is 12.8 Å². The summed E-state index contributed by atoms with van der Waals surface area (Å²) in [6.07, 6.45) is 4.24. The predicted molar refractivity (Wildman–Crippen MR) is 96.6 cm³/mol. The van der Waals surface area contributed by atoms with Gasteiger partial charge in [0, 0.05) is 18.7 Å². The van der Waals surface area contributed by atoms with E-state index in [9.17, 15) is 9.59 Å². The van der Waals surface area contributed by atoms with Gasteiger partial charge in [0.15, 0.2) is 0 Å². The highest BCUT2D eigenvalue weighted by Gasteiger charge is 2.47. The van der Waals surface area contributed by atoms with Crippen LogP contribution in [0.3, 0.4) is 0 Å². The van der Waals surface area contributed by atoms with E-state index in [1.165, 1.54) is 0 Å². The average Bonchev–Trinajstić information content (AvgIpc) is 2.92. The second-order valence-electron chi connectivity index (χ2n) is 6.90. The fourth-order valence-electron chi connectivity index (χ4n) is 3.49. The lowest BCUT2D eigenvalue weighted by Crippen LogP contribution is -2.45. The Morgan fingerprint density at radius 2 is 2.00 bits per heavy atom. The molecule has 0 unspecified atom stereocenters. The normalized spacial score (nSPS) is 25.6. The lowest BCUT2D eigenvalue weighted by atomic mass is 9.76. The molecule has 1 fully saturated rings. The molecule has 1 heterocycles. The lowest BCUT2D eigenvalue weighted by Gasteiger charge is -2.33. The second kappa shape index (κ2) is 7.35. The number of nitrogens with zero attached hydrogens (tertiary/aromatic N) is 2. The van der Waals surface area contributed by atoms with Crippen LogP contribution in [0.4, 0.5) is 5.69 Å². The number of methoxy groups -OCH3 is 1. The van der Waals surface area contributed by atoms with Crippen molar-refractivity contribution in [2.24, 2.45) is 10.9 Å². The minimum absolute atomic E-state index is 0.0318. The van der Waals surface area contributed by atoms with E-state index in [0.717, 1.165) is 11.3 Å². The summed E-state index contributed by atoms with van der Waals surface area (Å²) in [6, 6.07) is 7.78. The highest BCUT2D eigenvalue weighted by molar-refractivity contribution is 6.00. The first-order chi connectivity index (χ1) is 12.0. The fraction of sp³-hybridized carbons (Fsp3) is 0.526. The number of anilines is 1. The molecule has 134 valence electrons. The Hall–Kier alpha value is -2.21. The van der Waals surface area contributed by atoms with E-state index in [2.05, 4.69) is 10.3 Å². The van der Waals surface area contributed by atoms with Crippen molar-refractivity contribution in [2.75, 3.05) is 25.6 Å². The molecule has 1 aromatic rings. The maximum atomic E-state index is 12.6. The van der Waals surface area contributed by atoms with Gasteiger partial charge in [0.05, 0.1) is 19.5 Å². The van der Waals surface area contributed by atoms with E-state index in [-0.39, 0.29) is 17.7 Å². The Labute approximate surface area is 148 Å². The van der Waals surface area contributed by atoms with E-state index in [4.69, 9.17) is 4.74 Å². The van der Waals surface area contributed by atoms with Gasteiger partial charge in [-0.1, -0.05) is 17.7 Å². The van der Waals surface area contributed by atoms with Crippen LogP contribution in [-0.2, 0) is 14.3 Å². The van der Waals surface area contributed by atoms with Gasteiger partial charge in [-0.05, 0) is 44.7 Å². The SMILES string of the molecule is COCCN1C=NC2(CCC(C(=O)Nc3ccc(C)cc3)CC2)C1=O. The Kier molecular flexibility index (Phi) is 5.18. The molecule has 3 rings (SSSR count). The van der Waals surface area contributed by atoms with Gasteiger partial charge in [0.25, 0.3) is 5.91 Å². The molecular formula is C19H25N3O3. The number of rotatable bonds is 5. The van der Waals surface area contributed by atoms with E-state index < -0.39 is 5.54 Å². The molecule has 1 spiro atoms. The van der Waals surface area contributed by atoms with E-state index in [1.807, 2.05) is 31.2 Å². The molecule has 1 aromatic carbocycles. The standard InChI is InChI=1S/C19H25N3O3/c1-14-3-5-16(6-4-14)21-17(23)15-7-9-19(10-8-15)18(24)22(13-20-19)11-12-25-2/h3-6,13,15H,7-12H2,1-2H3,(H,21,23). The summed E-state index contributed by atoms with van der Waals surface area (Å²) in [5, 5.41) is 2.98. The van der Waals surface area contributed by atoms with Crippen LogP contribution in [0.25, 0.3) is 0 Å². The number of hydrogen-bond acceptors (Lipinski definition) is 4. The zero-order valence-electron chi connectivity index (χ0n) is 14.8. The molecule has 2 aliphatic rings. The molecule has 0 bridgehead atoms. The number of carbonyl (C=O) groups is 2. The summed E-state index contributed by atoms with van der Waals surface area (Å²) in [5.41, 5.74) is 1.32. The Balaban J connectivity index is 1.55. The number of aryl methyl sites for hydroxylation is 1. The monoisotopic (exact) mass is 343 g/mol. The zero-order chi connectivity index (χ0) is 17.9. The summed E-state index contributed by atoms with van der Waals surface area (Å²) in [7, 11) is 1.62. The van der Waals surface area contributed by atoms with Gasteiger partial charge < -0.3 is 10.1 Å². The molecule has 25 heavy (non-hydrogen) atoms. The van der Waals surface area contributed by atoms with Crippen molar-refractivity contribution in [2.45, 2.75) is 38.1 Å². The van der Waals surface area contributed by atoms with Crippen molar-refractivity contribution in [3.8, 4) is 0 Å². The quantitative estimate of drug-likeness (QED) is 0.892. The van der Waals surface area contributed by atoms with Crippen LogP contribution >= 0.6 is 0 Å². The molecule has 1 saturated carbocycles. The van der Waals surface area contributed by atoms with Gasteiger partial charge >= 0.3 is 0 Å². The first kappa shape index (κ1) is 17.6. The maximum Gasteiger partial charge on any atom is 0.255 e. The average molecular weight is 343 g/mol. The van der Waals surface area contributed by atoms with Crippen molar-refractivity contribution in [1.29, 1.82) is 0 Å². The molecule has 1 aliphatic carbocycles. The molecule has 1 N–H and O–H groups in total. The third-order valence-electron chi connectivity index (χ3n) is 5.14. The smallest absolute Gasteiger partial charge is 0.255 e. The fourth-order valence-corrected chi connectivity index (χ4v) is 3.49. The molecule has 6 heteroatoms. The predicted octanol–water partition coefficient (Wildman–Crippen LogP) is 2.38. The van der Waals surface area contributed by atoms with Gasteiger partial charge in [-0.15, -0.1) is 0 Å². The third kappa shape index (κ3) is 3.74. The minimum Gasteiger partial charge on any atom is -0.383 e. The largest absolute Gasteiger partial charge is 0.383 e. The van der Waals surface area contributed by atoms with Gasteiger partial charge in [-0.3, -0.25) is 19.5 Å². The summed E-state index contributed by atoms with van der Waals surface area (Å²) >= 11 is 0. The second-order valence-corrected chi connectivity index (χ2v) is 6.90. The molecular weight excluding hydrogens is 318 g/mol. The number of hydrogen-bond donors (Lipinski definition) is 1. The molecule has 0 atom stereocenters. The van der Waals surface area contributed by atoms with Crippen LogP contribution in [0.2, 0.25) is 0 Å². The number of amides is 2. The van der Waals surface area contributed by atoms with Crippen molar-refractivity contribution in [1.82, 2.24) is 4.90 Å². The first-order valence-corrected chi connectivity index (χ1v) is 8.77. The topological polar surface area (TPSA) is 71.0 Å². The maximum absolute atomic E-state index is 12.6. The Morgan fingerprint density at radius 3 is 2.64 bits per heavy atom. The highest BCUT2D eigenvalue weighted by Crippen LogP contribution is 2.38. The highest BCUT2D eigenvalue weighted by atomic mass is 16.5. The zero-order valence-corrected chi connectivity index (χ0v) is 14.8. The molecule has 2 amide bonds. The summed E-state index contributed by atoms with van der Waals surface area (Å²) < 4.78 is 5.03. The van der Waals surface area contributed by atoms with Crippen LogP contribution < -0.4 is 5.32 Å². The van der Waals surface area contributed by atoms with E-state index in [1.54, 1.807) is 18.3 Å². The Morgan fingerprint density at radius 1 is 1.32 bits per heavy atom. The van der Waals surface area contributed by atoms with Gasteiger partial charge in [-0.2, -0.15) is 0 Å². The van der Waals surface area contributed by atoms with E-state index in [0.29, 0.717) is 38.8 Å².